The Labute approximate surface area is 111 Å². The first-order valence-corrected chi connectivity index (χ1v) is 6.48. The van der Waals surface area contributed by atoms with Crippen LogP contribution in [0.2, 0.25) is 0 Å². The molecule has 0 saturated carbocycles. The highest BCUT2D eigenvalue weighted by molar-refractivity contribution is 5.35. The largest absolute Gasteiger partial charge is 0.306 e. The maximum atomic E-state index is 13.1. The molecule has 2 aromatic rings. The van der Waals surface area contributed by atoms with Crippen LogP contribution in [0.5, 0.6) is 0 Å². The van der Waals surface area contributed by atoms with Gasteiger partial charge in [0.15, 0.2) is 0 Å². The Morgan fingerprint density at radius 1 is 1.00 bits per heavy atom. The summed E-state index contributed by atoms with van der Waals surface area (Å²) in [7, 11) is 0. The van der Waals surface area contributed by atoms with Gasteiger partial charge in [-0.25, -0.2) is 8.78 Å². The number of fused-ring (bicyclic) bond motifs is 1. The van der Waals surface area contributed by atoms with Gasteiger partial charge in [-0.3, -0.25) is 0 Å². The third kappa shape index (κ3) is 2.66. The fourth-order valence-electron chi connectivity index (χ4n) is 2.64. The molecule has 0 amide bonds. The summed E-state index contributed by atoms with van der Waals surface area (Å²) in [6, 6.07) is 11.8. The van der Waals surface area contributed by atoms with Crippen molar-refractivity contribution in [1.82, 2.24) is 5.32 Å². The molecule has 1 N–H and O–H groups in total. The van der Waals surface area contributed by atoms with Gasteiger partial charge in [0, 0.05) is 12.6 Å². The van der Waals surface area contributed by atoms with E-state index in [1.165, 1.54) is 23.8 Å². The van der Waals surface area contributed by atoms with Crippen LogP contribution in [0.1, 0.15) is 29.2 Å². The highest BCUT2D eigenvalue weighted by Gasteiger charge is 2.22. The van der Waals surface area contributed by atoms with Gasteiger partial charge in [0.1, 0.15) is 11.6 Å². The van der Waals surface area contributed by atoms with Crippen molar-refractivity contribution in [3.63, 3.8) is 0 Å². The van der Waals surface area contributed by atoms with Crippen molar-refractivity contribution in [2.45, 2.75) is 25.4 Å². The lowest BCUT2D eigenvalue weighted by Crippen LogP contribution is -2.18. The van der Waals surface area contributed by atoms with Crippen molar-refractivity contribution in [2.24, 2.45) is 0 Å². The van der Waals surface area contributed by atoms with Gasteiger partial charge in [-0.2, -0.15) is 0 Å². The van der Waals surface area contributed by atoms with E-state index in [0.29, 0.717) is 6.54 Å². The van der Waals surface area contributed by atoms with Crippen LogP contribution in [-0.2, 0) is 13.0 Å². The predicted octanol–water partition coefficient (Wildman–Crippen LogP) is 3.74. The minimum atomic E-state index is -0.217. The molecule has 1 nitrogen and oxygen atoms in total. The molecule has 0 fully saturated rings. The van der Waals surface area contributed by atoms with Gasteiger partial charge in [0.05, 0.1) is 0 Å². The molecule has 1 atom stereocenters. The number of halogens is 2. The summed E-state index contributed by atoms with van der Waals surface area (Å²) in [5.74, 6) is -0.386. The molecule has 98 valence electrons. The number of hydrogen-bond acceptors (Lipinski definition) is 1. The first-order chi connectivity index (χ1) is 9.22. The molecule has 0 heterocycles. The molecule has 0 spiro atoms. The molecule has 1 unspecified atom stereocenters. The van der Waals surface area contributed by atoms with Gasteiger partial charge in [-0.1, -0.05) is 18.2 Å². The van der Waals surface area contributed by atoms with Crippen molar-refractivity contribution in [3.05, 3.63) is 70.8 Å². The number of rotatable bonds is 3. The molecule has 0 aromatic heterocycles. The van der Waals surface area contributed by atoms with E-state index in [-0.39, 0.29) is 17.7 Å². The van der Waals surface area contributed by atoms with E-state index >= 15 is 0 Å². The van der Waals surface area contributed by atoms with E-state index in [2.05, 4.69) is 5.32 Å². The molecule has 0 saturated heterocycles. The van der Waals surface area contributed by atoms with E-state index in [1.54, 1.807) is 18.2 Å². The maximum absolute atomic E-state index is 13.1. The van der Waals surface area contributed by atoms with Crippen LogP contribution in [-0.4, -0.2) is 0 Å². The second-order valence-electron chi connectivity index (χ2n) is 4.94. The summed E-state index contributed by atoms with van der Waals surface area (Å²) in [5, 5.41) is 3.45. The molecule has 3 rings (SSSR count). The van der Waals surface area contributed by atoms with Gasteiger partial charge < -0.3 is 5.32 Å². The van der Waals surface area contributed by atoms with Gasteiger partial charge >= 0.3 is 0 Å². The molecule has 0 bridgehead atoms. The van der Waals surface area contributed by atoms with Gasteiger partial charge in [0.2, 0.25) is 0 Å². The van der Waals surface area contributed by atoms with E-state index in [9.17, 15) is 8.78 Å². The standard InChI is InChI=1S/C16H15F2N/c17-13-4-1-11(2-5-13)10-19-16-8-3-12-9-14(18)6-7-15(12)16/h1-2,4-7,9,16,19H,3,8,10H2. The van der Waals surface area contributed by atoms with Crippen molar-refractivity contribution in [2.75, 3.05) is 0 Å². The van der Waals surface area contributed by atoms with Gasteiger partial charge in [0.25, 0.3) is 0 Å². The van der Waals surface area contributed by atoms with Crippen LogP contribution in [0.4, 0.5) is 8.78 Å². The molecule has 1 aliphatic rings. The first kappa shape index (κ1) is 12.3. The summed E-state index contributed by atoms with van der Waals surface area (Å²) < 4.78 is 25.9. The lowest BCUT2D eigenvalue weighted by molar-refractivity contribution is 0.529. The van der Waals surface area contributed by atoms with E-state index in [1.807, 2.05) is 6.07 Å². The lowest BCUT2D eigenvalue weighted by Gasteiger charge is -2.14. The number of benzene rings is 2. The fraction of sp³-hybridized carbons (Fsp3) is 0.250. The van der Waals surface area contributed by atoms with E-state index in [0.717, 1.165) is 24.0 Å². The lowest BCUT2D eigenvalue weighted by atomic mass is 10.1. The third-order valence-electron chi connectivity index (χ3n) is 3.65. The number of hydrogen-bond donors (Lipinski definition) is 1. The SMILES string of the molecule is Fc1ccc(CNC2CCc3cc(F)ccc32)cc1. The maximum Gasteiger partial charge on any atom is 0.123 e. The topological polar surface area (TPSA) is 12.0 Å². The van der Waals surface area contributed by atoms with Crippen LogP contribution in [0.15, 0.2) is 42.5 Å². The molecule has 2 aromatic carbocycles. The minimum absolute atomic E-state index is 0.169. The Morgan fingerprint density at radius 3 is 2.53 bits per heavy atom. The van der Waals surface area contributed by atoms with E-state index in [4.69, 9.17) is 0 Å². The zero-order chi connectivity index (χ0) is 13.2. The Bertz CT molecular complexity index is 578. The molecule has 19 heavy (non-hydrogen) atoms. The second-order valence-corrected chi connectivity index (χ2v) is 4.94. The summed E-state index contributed by atoms with van der Waals surface area (Å²) >= 11 is 0. The summed E-state index contributed by atoms with van der Waals surface area (Å²) in [6.45, 7) is 0.696. The number of nitrogens with one attached hydrogen (secondary N) is 1. The third-order valence-corrected chi connectivity index (χ3v) is 3.65. The highest BCUT2D eigenvalue weighted by atomic mass is 19.1. The Kier molecular flexibility index (Phi) is 3.30. The fourth-order valence-corrected chi connectivity index (χ4v) is 2.64. The average Bonchev–Trinajstić information content (AvgIpc) is 2.80. The van der Waals surface area contributed by atoms with Crippen LogP contribution < -0.4 is 5.32 Å². The average molecular weight is 259 g/mol. The quantitative estimate of drug-likeness (QED) is 0.885. The smallest absolute Gasteiger partial charge is 0.123 e. The molecular weight excluding hydrogens is 244 g/mol. The Morgan fingerprint density at radius 2 is 1.74 bits per heavy atom. The zero-order valence-electron chi connectivity index (χ0n) is 10.5. The molecule has 0 radical (unpaired) electrons. The highest BCUT2D eigenvalue weighted by Crippen LogP contribution is 2.31. The Hall–Kier alpha value is -1.74. The van der Waals surface area contributed by atoms with Crippen LogP contribution in [0.3, 0.4) is 0 Å². The van der Waals surface area contributed by atoms with Crippen LogP contribution in [0.25, 0.3) is 0 Å². The van der Waals surface area contributed by atoms with Crippen LogP contribution >= 0.6 is 0 Å². The second kappa shape index (κ2) is 5.10. The zero-order valence-corrected chi connectivity index (χ0v) is 10.5. The van der Waals surface area contributed by atoms with Crippen LogP contribution in [0, 0.1) is 11.6 Å². The Balaban J connectivity index is 1.68. The predicted molar refractivity (Wildman–Crippen MR) is 70.7 cm³/mol. The monoisotopic (exact) mass is 259 g/mol. The molecular formula is C16H15F2N. The first-order valence-electron chi connectivity index (χ1n) is 6.48. The summed E-state index contributed by atoms with van der Waals surface area (Å²) in [4.78, 5) is 0. The van der Waals surface area contributed by atoms with Gasteiger partial charge in [-0.05, 0) is 53.8 Å². The number of aryl methyl sites for hydroxylation is 1. The van der Waals surface area contributed by atoms with Gasteiger partial charge in [-0.15, -0.1) is 0 Å². The van der Waals surface area contributed by atoms with Crippen molar-refractivity contribution < 1.29 is 8.78 Å². The minimum Gasteiger partial charge on any atom is -0.306 e. The van der Waals surface area contributed by atoms with Crippen molar-refractivity contribution in [3.8, 4) is 0 Å². The summed E-state index contributed by atoms with van der Waals surface area (Å²) in [6.07, 6.45) is 1.90. The van der Waals surface area contributed by atoms with Crippen molar-refractivity contribution in [1.29, 1.82) is 0 Å². The molecule has 1 aliphatic carbocycles. The normalized spacial score (nSPS) is 17.5. The molecule has 0 aliphatic heterocycles. The van der Waals surface area contributed by atoms with E-state index < -0.39 is 0 Å². The summed E-state index contributed by atoms with van der Waals surface area (Å²) in [5.41, 5.74) is 3.33. The van der Waals surface area contributed by atoms with Crippen molar-refractivity contribution >= 4 is 0 Å². The molecule has 3 heteroatoms.